The van der Waals surface area contributed by atoms with Crippen molar-refractivity contribution in [1.82, 2.24) is 0 Å². The van der Waals surface area contributed by atoms with Gasteiger partial charge in [-0.05, 0) is 22.8 Å². The van der Waals surface area contributed by atoms with Crippen molar-refractivity contribution < 1.29 is 9.90 Å². The van der Waals surface area contributed by atoms with Crippen LogP contribution in [0.1, 0.15) is 22.3 Å². The molecule has 0 aliphatic carbocycles. The number of hydrogen-bond donors (Lipinski definition) is 1. The van der Waals surface area contributed by atoms with Crippen LogP contribution >= 0.6 is 0 Å². The quantitative estimate of drug-likeness (QED) is 0.813. The Labute approximate surface area is 100 Å². The molecule has 0 spiro atoms. The molecule has 2 nitrogen and oxygen atoms in total. The Bertz CT molecular complexity index is 556. The molecular weight excluding hydrogens is 212 g/mol. The van der Waals surface area contributed by atoms with Gasteiger partial charge in [-0.3, -0.25) is 4.79 Å². The molecule has 0 amide bonds. The van der Waals surface area contributed by atoms with Gasteiger partial charge in [0.1, 0.15) is 0 Å². The van der Waals surface area contributed by atoms with Gasteiger partial charge in [0.2, 0.25) is 0 Å². The Kier molecular flexibility index (Phi) is 3.68. The summed E-state index contributed by atoms with van der Waals surface area (Å²) < 4.78 is 0. The number of carbonyl (C=O) groups excluding carboxylic acids is 1. The number of carbonyl (C=O) groups is 1. The van der Waals surface area contributed by atoms with Crippen LogP contribution in [0.4, 0.5) is 0 Å². The third-order valence-corrected chi connectivity index (χ3v) is 2.71. The van der Waals surface area contributed by atoms with Crippen LogP contribution in [0.25, 0.3) is 16.8 Å². The van der Waals surface area contributed by atoms with E-state index >= 15 is 0 Å². The fourth-order valence-electron chi connectivity index (χ4n) is 1.88. The zero-order valence-corrected chi connectivity index (χ0v) is 9.47. The normalized spacial score (nSPS) is 11.1. The van der Waals surface area contributed by atoms with E-state index in [0.29, 0.717) is 12.0 Å². The molecule has 0 saturated carbocycles. The van der Waals surface area contributed by atoms with Gasteiger partial charge in [0, 0.05) is 12.2 Å². The average molecular weight is 226 g/mol. The molecular formula is C15H14O2. The number of aliphatic hydroxyl groups excluding tert-OH is 1. The lowest BCUT2D eigenvalue weighted by Crippen LogP contribution is -1.88. The fraction of sp³-hybridized carbons (Fsp3) is 0.133. The SMILES string of the molecule is O=Cc1ccc2ccccc2c1C=CCCO. The molecule has 2 aromatic carbocycles. The third-order valence-electron chi connectivity index (χ3n) is 2.71. The minimum Gasteiger partial charge on any atom is -0.396 e. The second-order valence-corrected chi connectivity index (χ2v) is 3.82. The van der Waals surface area contributed by atoms with E-state index in [-0.39, 0.29) is 6.61 Å². The monoisotopic (exact) mass is 226 g/mol. The molecule has 0 aliphatic heterocycles. The van der Waals surface area contributed by atoms with E-state index in [0.717, 1.165) is 22.6 Å². The number of rotatable bonds is 4. The maximum Gasteiger partial charge on any atom is 0.150 e. The van der Waals surface area contributed by atoms with Gasteiger partial charge in [0.25, 0.3) is 0 Å². The molecule has 0 aliphatic rings. The molecule has 1 N–H and O–H groups in total. The summed E-state index contributed by atoms with van der Waals surface area (Å²) in [6.45, 7) is 0.123. The van der Waals surface area contributed by atoms with Crippen LogP contribution < -0.4 is 0 Å². The lowest BCUT2D eigenvalue weighted by Gasteiger charge is -2.05. The first-order chi connectivity index (χ1) is 8.36. The van der Waals surface area contributed by atoms with Gasteiger partial charge >= 0.3 is 0 Å². The van der Waals surface area contributed by atoms with Crippen molar-refractivity contribution in [2.45, 2.75) is 6.42 Å². The number of fused-ring (bicyclic) bond motifs is 1. The molecule has 0 saturated heterocycles. The Morgan fingerprint density at radius 2 is 1.94 bits per heavy atom. The van der Waals surface area contributed by atoms with Gasteiger partial charge in [-0.25, -0.2) is 0 Å². The Morgan fingerprint density at radius 3 is 2.71 bits per heavy atom. The molecule has 0 bridgehead atoms. The molecule has 86 valence electrons. The highest BCUT2D eigenvalue weighted by Crippen LogP contribution is 2.23. The minimum atomic E-state index is 0.123. The topological polar surface area (TPSA) is 37.3 Å². The van der Waals surface area contributed by atoms with Crippen molar-refractivity contribution in [3.05, 3.63) is 53.6 Å². The second kappa shape index (κ2) is 5.41. The van der Waals surface area contributed by atoms with Gasteiger partial charge < -0.3 is 5.11 Å². The fourth-order valence-corrected chi connectivity index (χ4v) is 1.88. The lowest BCUT2D eigenvalue weighted by molar-refractivity contribution is 0.112. The second-order valence-electron chi connectivity index (χ2n) is 3.82. The van der Waals surface area contributed by atoms with E-state index in [9.17, 15) is 4.79 Å². The molecule has 2 aromatic rings. The highest BCUT2D eigenvalue weighted by atomic mass is 16.2. The molecule has 0 fully saturated rings. The van der Waals surface area contributed by atoms with Gasteiger partial charge in [0.15, 0.2) is 6.29 Å². The first-order valence-electron chi connectivity index (χ1n) is 5.61. The molecule has 0 atom stereocenters. The summed E-state index contributed by atoms with van der Waals surface area (Å²) in [6, 6.07) is 11.7. The molecule has 0 unspecified atom stereocenters. The number of hydrogen-bond acceptors (Lipinski definition) is 2. The molecule has 2 heteroatoms. The molecule has 17 heavy (non-hydrogen) atoms. The van der Waals surface area contributed by atoms with E-state index in [1.165, 1.54) is 0 Å². The maximum absolute atomic E-state index is 11.0. The summed E-state index contributed by atoms with van der Waals surface area (Å²) in [7, 11) is 0. The van der Waals surface area contributed by atoms with Crippen LogP contribution in [0.5, 0.6) is 0 Å². The maximum atomic E-state index is 11.0. The minimum absolute atomic E-state index is 0.123. The van der Waals surface area contributed by atoms with E-state index in [1.807, 2.05) is 48.6 Å². The summed E-state index contributed by atoms with van der Waals surface area (Å²) in [4.78, 5) is 11.0. The van der Waals surface area contributed by atoms with Crippen LogP contribution in [0, 0.1) is 0 Å². The van der Waals surface area contributed by atoms with E-state index < -0.39 is 0 Å². The Hall–Kier alpha value is -1.93. The Morgan fingerprint density at radius 1 is 1.12 bits per heavy atom. The number of aliphatic hydroxyl groups is 1. The molecule has 0 radical (unpaired) electrons. The van der Waals surface area contributed by atoms with E-state index in [1.54, 1.807) is 0 Å². The van der Waals surface area contributed by atoms with Crippen LogP contribution in [0.2, 0.25) is 0 Å². The van der Waals surface area contributed by atoms with Crippen LogP contribution in [-0.2, 0) is 0 Å². The van der Waals surface area contributed by atoms with Crippen molar-refractivity contribution in [1.29, 1.82) is 0 Å². The predicted molar refractivity (Wildman–Crippen MR) is 70.1 cm³/mol. The van der Waals surface area contributed by atoms with Crippen LogP contribution in [0.3, 0.4) is 0 Å². The standard InChI is InChI=1S/C15H14O2/c16-10-4-3-7-15-13(11-17)9-8-12-5-1-2-6-14(12)15/h1-3,5-9,11,16H,4,10H2. The van der Waals surface area contributed by atoms with E-state index in [2.05, 4.69) is 0 Å². The van der Waals surface area contributed by atoms with E-state index in [4.69, 9.17) is 5.11 Å². The van der Waals surface area contributed by atoms with Crippen molar-refractivity contribution in [2.75, 3.05) is 6.61 Å². The number of aldehydes is 1. The molecule has 2 rings (SSSR count). The highest BCUT2D eigenvalue weighted by molar-refractivity contribution is 5.98. The van der Waals surface area contributed by atoms with Crippen molar-refractivity contribution in [3.63, 3.8) is 0 Å². The highest BCUT2D eigenvalue weighted by Gasteiger charge is 2.03. The predicted octanol–water partition coefficient (Wildman–Crippen LogP) is 3.05. The largest absolute Gasteiger partial charge is 0.396 e. The summed E-state index contributed by atoms with van der Waals surface area (Å²) in [6.07, 6.45) is 5.25. The lowest BCUT2D eigenvalue weighted by atomic mass is 9.99. The average Bonchev–Trinajstić information content (AvgIpc) is 2.39. The summed E-state index contributed by atoms with van der Waals surface area (Å²) in [5.41, 5.74) is 1.60. The van der Waals surface area contributed by atoms with Crippen molar-refractivity contribution in [3.8, 4) is 0 Å². The first kappa shape index (κ1) is 11.6. The summed E-state index contributed by atoms with van der Waals surface area (Å²) in [5.74, 6) is 0. The Balaban J connectivity index is 2.58. The first-order valence-corrected chi connectivity index (χ1v) is 5.61. The summed E-state index contributed by atoms with van der Waals surface area (Å²) >= 11 is 0. The summed E-state index contributed by atoms with van der Waals surface area (Å²) in [5, 5.41) is 10.9. The van der Waals surface area contributed by atoms with Crippen molar-refractivity contribution in [2.24, 2.45) is 0 Å². The van der Waals surface area contributed by atoms with Gasteiger partial charge in [0.05, 0.1) is 0 Å². The smallest absolute Gasteiger partial charge is 0.150 e. The van der Waals surface area contributed by atoms with Gasteiger partial charge in [-0.2, -0.15) is 0 Å². The molecule has 0 aromatic heterocycles. The third kappa shape index (κ3) is 2.43. The zero-order chi connectivity index (χ0) is 12.1. The van der Waals surface area contributed by atoms with Crippen LogP contribution in [0.15, 0.2) is 42.5 Å². The molecule has 0 heterocycles. The van der Waals surface area contributed by atoms with Crippen LogP contribution in [-0.4, -0.2) is 18.0 Å². The zero-order valence-electron chi connectivity index (χ0n) is 9.47. The number of benzene rings is 2. The van der Waals surface area contributed by atoms with Gasteiger partial charge in [-0.1, -0.05) is 48.6 Å². The van der Waals surface area contributed by atoms with Crippen molar-refractivity contribution >= 4 is 23.1 Å². The van der Waals surface area contributed by atoms with Gasteiger partial charge in [-0.15, -0.1) is 0 Å².